The van der Waals surface area contributed by atoms with Crippen LogP contribution in [0, 0.1) is 0 Å². The van der Waals surface area contributed by atoms with Crippen molar-refractivity contribution in [3.63, 3.8) is 0 Å². The molecule has 0 spiro atoms. The van der Waals surface area contributed by atoms with E-state index in [4.69, 9.17) is 16.3 Å². The molecule has 0 saturated heterocycles. The number of nitrogens with zero attached hydrogens (tertiary/aromatic N) is 1. The van der Waals surface area contributed by atoms with Crippen LogP contribution in [-0.4, -0.2) is 35.3 Å². The van der Waals surface area contributed by atoms with Crippen LogP contribution >= 0.6 is 27.5 Å². The molecule has 110 valence electrons. The monoisotopic (exact) mass is 359 g/mol. The van der Waals surface area contributed by atoms with E-state index in [1.165, 1.54) is 12.8 Å². The second-order valence-corrected chi connectivity index (χ2v) is 6.19. The molecule has 0 aromatic heterocycles. The maximum absolute atomic E-state index is 12.3. The number of carbonyl (C=O) groups is 1. The number of halogens is 2. The maximum Gasteiger partial charge on any atom is 0.260 e. The number of amides is 1. The first-order valence-electron chi connectivity index (χ1n) is 6.94. The first kappa shape index (κ1) is 15.6. The third-order valence-corrected chi connectivity index (χ3v) is 4.19. The first-order chi connectivity index (χ1) is 9.70. The summed E-state index contributed by atoms with van der Waals surface area (Å²) in [4.78, 5) is 14.3. The number of benzene rings is 1. The lowest BCUT2D eigenvalue weighted by molar-refractivity contribution is -0.135. The topological polar surface area (TPSA) is 29.5 Å². The molecule has 1 aromatic carbocycles. The molecule has 20 heavy (non-hydrogen) atoms. The third-order valence-electron chi connectivity index (χ3n) is 3.59. The van der Waals surface area contributed by atoms with E-state index in [1.807, 2.05) is 4.90 Å². The molecule has 2 rings (SSSR count). The highest BCUT2D eigenvalue weighted by molar-refractivity contribution is 9.09. The molecule has 1 aromatic rings. The molecule has 1 amide bonds. The predicted octanol–water partition coefficient (Wildman–Crippen LogP) is 3.88. The van der Waals surface area contributed by atoms with Gasteiger partial charge in [0.1, 0.15) is 5.75 Å². The largest absolute Gasteiger partial charge is 0.484 e. The molecule has 1 aliphatic carbocycles. The van der Waals surface area contributed by atoms with Gasteiger partial charge in [0.05, 0.1) is 0 Å². The third kappa shape index (κ3) is 4.38. The van der Waals surface area contributed by atoms with Crippen molar-refractivity contribution in [3.8, 4) is 5.75 Å². The lowest BCUT2D eigenvalue weighted by atomic mass is 10.2. The van der Waals surface area contributed by atoms with Crippen LogP contribution < -0.4 is 4.74 Å². The average molecular weight is 361 g/mol. The van der Waals surface area contributed by atoms with E-state index in [0.29, 0.717) is 16.8 Å². The Morgan fingerprint density at radius 3 is 2.55 bits per heavy atom. The lowest BCUT2D eigenvalue weighted by Crippen LogP contribution is -2.42. The molecule has 0 bridgehead atoms. The van der Waals surface area contributed by atoms with Gasteiger partial charge in [-0.05, 0) is 37.1 Å². The van der Waals surface area contributed by atoms with Gasteiger partial charge in [0.25, 0.3) is 5.91 Å². The summed E-state index contributed by atoms with van der Waals surface area (Å²) >= 11 is 9.24. The van der Waals surface area contributed by atoms with E-state index in [9.17, 15) is 4.79 Å². The van der Waals surface area contributed by atoms with E-state index in [1.54, 1.807) is 24.3 Å². The molecule has 1 saturated carbocycles. The summed E-state index contributed by atoms with van der Waals surface area (Å²) in [6, 6.07) is 7.46. The summed E-state index contributed by atoms with van der Waals surface area (Å²) in [5.74, 6) is 0.735. The Kier molecular flexibility index (Phi) is 6.17. The van der Waals surface area contributed by atoms with Gasteiger partial charge in [-0.15, -0.1) is 0 Å². The first-order valence-corrected chi connectivity index (χ1v) is 8.44. The molecule has 0 aliphatic heterocycles. The zero-order valence-corrected chi connectivity index (χ0v) is 13.7. The van der Waals surface area contributed by atoms with Crippen molar-refractivity contribution in [2.75, 3.05) is 18.5 Å². The molecule has 0 N–H and O–H groups in total. The molecule has 0 atom stereocenters. The normalized spacial score (nSPS) is 15.3. The van der Waals surface area contributed by atoms with Gasteiger partial charge in [0.2, 0.25) is 0 Å². The molecule has 1 fully saturated rings. The van der Waals surface area contributed by atoms with Gasteiger partial charge in [-0.1, -0.05) is 40.4 Å². The van der Waals surface area contributed by atoms with Crippen LogP contribution in [-0.2, 0) is 4.79 Å². The fourth-order valence-electron chi connectivity index (χ4n) is 2.58. The highest BCUT2D eigenvalue weighted by atomic mass is 79.9. The second kappa shape index (κ2) is 7.89. The summed E-state index contributed by atoms with van der Waals surface area (Å²) in [5, 5.41) is 1.46. The second-order valence-electron chi connectivity index (χ2n) is 4.96. The van der Waals surface area contributed by atoms with Crippen molar-refractivity contribution in [1.29, 1.82) is 0 Å². The van der Waals surface area contributed by atoms with Gasteiger partial charge in [0, 0.05) is 22.9 Å². The van der Waals surface area contributed by atoms with Gasteiger partial charge in [-0.2, -0.15) is 0 Å². The van der Waals surface area contributed by atoms with Crippen LogP contribution in [0.2, 0.25) is 5.02 Å². The molecular formula is C15H19BrClNO2. The Morgan fingerprint density at radius 2 is 1.95 bits per heavy atom. The van der Waals surface area contributed by atoms with Crippen molar-refractivity contribution >= 4 is 33.4 Å². The molecular weight excluding hydrogens is 342 g/mol. The summed E-state index contributed by atoms with van der Waals surface area (Å²) in [6.45, 7) is 0.832. The zero-order valence-electron chi connectivity index (χ0n) is 11.4. The Bertz CT molecular complexity index is 432. The van der Waals surface area contributed by atoms with Crippen molar-refractivity contribution in [2.24, 2.45) is 0 Å². The Labute approximate surface area is 133 Å². The number of hydrogen-bond acceptors (Lipinski definition) is 2. The molecule has 1 aliphatic rings. The van der Waals surface area contributed by atoms with E-state index < -0.39 is 0 Å². The summed E-state index contributed by atoms with van der Waals surface area (Å²) < 4.78 is 5.54. The minimum Gasteiger partial charge on any atom is -0.484 e. The Morgan fingerprint density at radius 1 is 1.30 bits per heavy atom. The van der Waals surface area contributed by atoms with E-state index in [-0.39, 0.29) is 12.5 Å². The molecule has 0 heterocycles. The van der Waals surface area contributed by atoms with E-state index in [0.717, 1.165) is 24.7 Å². The van der Waals surface area contributed by atoms with Crippen LogP contribution in [0.5, 0.6) is 5.75 Å². The van der Waals surface area contributed by atoms with Crippen LogP contribution in [0.4, 0.5) is 0 Å². The highest BCUT2D eigenvalue weighted by Gasteiger charge is 2.26. The van der Waals surface area contributed by atoms with Crippen molar-refractivity contribution in [1.82, 2.24) is 4.90 Å². The summed E-state index contributed by atoms with van der Waals surface area (Å²) in [6.07, 6.45) is 4.66. The quantitative estimate of drug-likeness (QED) is 0.720. The fourth-order valence-corrected chi connectivity index (χ4v) is 3.08. The van der Waals surface area contributed by atoms with Gasteiger partial charge in [0.15, 0.2) is 6.61 Å². The summed E-state index contributed by atoms with van der Waals surface area (Å²) in [5.41, 5.74) is 0. The molecule has 0 unspecified atom stereocenters. The molecule has 3 nitrogen and oxygen atoms in total. The van der Waals surface area contributed by atoms with Crippen molar-refractivity contribution in [2.45, 2.75) is 31.7 Å². The zero-order chi connectivity index (χ0) is 14.4. The van der Waals surface area contributed by atoms with E-state index in [2.05, 4.69) is 15.9 Å². The Balaban J connectivity index is 1.89. The number of carbonyl (C=O) groups excluding carboxylic acids is 1. The fraction of sp³-hybridized carbons (Fsp3) is 0.533. The van der Waals surface area contributed by atoms with Crippen molar-refractivity contribution in [3.05, 3.63) is 29.3 Å². The van der Waals surface area contributed by atoms with Gasteiger partial charge >= 0.3 is 0 Å². The van der Waals surface area contributed by atoms with Crippen LogP contribution in [0.3, 0.4) is 0 Å². The molecule has 5 heteroatoms. The number of hydrogen-bond donors (Lipinski definition) is 0. The van der Waals surface area contributed by atoms with Crippen molar-refractivity contribution < 1.29 is 9.53 Å². The number of ether oxygens (including phenoxy) is 1. The number of rotatable bonds is 6. The van der Waals surface area contributed by atoms with Gasteiger partial charge < -0.3 is 9.64 Å². The van der Waals surface area contributed by atoms with Gasteiger partial charge in [-0.25, -0.2) is 0 Å². The lowest BCUT2D eigenvalue weighted by Gasteiger charge is -2.28. The minimum atomic E-state index is 0.0614. The summed E-state index contributed by atoms with van der Waals surface area (Å²) in [7, 11) is 0. The highest BCUT2D eigenvalue weighted by Crippen LogP contribution is 2.24. The van der Waals surface area contributed by atoms with Crippen LogP contribution in [0.1, 0.15) is 25.7 Å². The maximum atomic E-state index is 12.3. The smallest absolute Gasteiger partial charge is 0.260 e. The SMILES string of the molecule is O=C(COc1ccc(Cl)cc1)N(CCBr)C1CCCC1. The van der Waals surface area contributed by atoms with E-state index >= 15 is 0 Å². The van der Waals surface area contributed by atoms with Crippen LogP contribution in [0.25, 0.3) is 0 Å². The Hall–Kier alpha value is -0.740. The number of alkyl halides is 1. The predicted molar refractivity (Wildman–Crippen MR) is 84.7 cm³/mol. The standard InChI is InChI=1S/C15H19BrClNO2/c16-9-10-18(13-3-1-2-4-13)15(19)11-20-14-7-5-12(17)6-8-14/h5-8,13H,1-4,9-11H2. The molecule has 0 radical (unpaired) electrons. The van der Waals surface area contributed by atoms with Crippen LogP contribution in [0.15, 0.2) is 24.3 Å². The van der Waals surface area contributed by atoms with Gasteiger partial charge in [-0.3, -0.25) is 4.79 Å². The average Bonchev–Trinajstić information content (AvgIpc) is 2.97. The minimum absolute atomic E-state index is 0.0614.